The third-order valence-electron chi connectivity index (χ3n) is 4.09. The van der Waals surface area contributed by atoms with Gasteiger partial charge in [0.05, 0.1) is 23.9 Å². The summed E-state index contributed by atoms with van der Waals surface area (Å²) in [6, 6.07) is 6.11. The van der Waals surface area contributed by atoms with Crippen LogP contribution < -0.4 is 10.1 Å². The zero-order valence-electron chi connectivity index (χ0n) is 13.2. The number of aromatic nitrogens is 1. The normalized spacial score (nSPS) is 19.1. The maximum Gasteiger partial charge on any atom is 0.120 e. The summed E-state index contributed by atoms with van der Waals surface area (Å²) in [7, 11) is 3.75. The van der Waals surface area contributed by atoms with Crippen LogP contribution in [0.4, 0.5) is 0 Å². The number of hydrogen-bond acceptors (Lipinski definition) is 5. The number of rotatable bonds is 5. The summed E-state index contributed by atoms with van der Waals surface area (Å²) >= 11 is 1.79. The Morgan fingerprint density at radius 2 is 2.32 bits per heavy atom. The van der Waals surface area contributed by atoms with Crippen LogP contribution in [-0.2, 0) is 6.54 Å². The van der Waals surface area contributed by atoms with Crippen LogP contribution in [0.3, 0.4) is 0 Å². The number of thiazole rings is 1. The van der Waals surface area contributed by atoms with Gasteiger partial charge in [0, 0.05) is 6.54 Å². The van der Waals surface area contributed by atoms with Crippen LogP contribution in [-0.4, -0.2) is 43.7 Å². The number of fused-ring (bicyclic) bond motifs is 1. The van der Waals surface area contributed by atoms with Crippen LogP contribution in [0, 0.1) is 5.92 Å². The van der Waals surface area contributed by atoms with E-state index < -0.39 is 0 Å². The minimum absolute atomic E-state index is 0. The van der Waals surface area contributed by atoms with E-state index in [4.69, 9.17) is 9.72 Å². The molecule has 4 nitrogen and oxygen atoms in total. The lowest BCUT2D eigenvalue weighted by Gasteiger charge is -2.31. The number of halogens is 1. The summed E-state index contributed by atoms with van der Waals surface area (Å²) in [5.74, 6) is 1.68. The minimum atomic E-state index is 0. The highest BCUT2D eigenvalue weighted by Gasteiger charge is 2.20. The highest BCUT2D eigenvalue weighted by atomic mass is 35.5. The second kappa shape index (κ2) is 8.11. The summed E-state index contributed by atoms with van der Waals surface area (Å²) in [6.45, 7) is 4.47. The molecule has 0 spiro atoms. The van der Waals surface area contributed by atoms with Gasteiger partial charge in [-0.1, -0.05) is 0 Å². The Morgan fingerprint density at radius 1 is 1.45 bits per heavy atom. The maximum atomic E-state index is 5.28. The Labute approximate surface area is 142 Å². The lowest BCUT2D eigenvalue weighted by molar-refractivity contribution is 0.167. The molecule has 0 amide bonds. The molecular weight excluding hydrogens is 318 g/mol. The number of nitrogens with one attached hydrogen (secondary N) is 1. The van der Waals surface area contributed by atoms with Gasteiger partial charge in [0.1, 0.15) is 10.8 Å². The maximum absolute atomic E-state index is 5.28. The van der Waals surface area contributed by atoms with Crippen LogP contribution in [0.2, 0.25) is 0 Å². The fourth-order valence-electron chi connectivity index (χ4n) is 3.09. The molecule has 2 aromatic rings. The van der Waals surface area contributed by atoms with E-state index in [1.807, 2.05) is 19.2 Å². The molecule has 0 aliphatic carbocycles. The molecule has 1 aromatic carbocycles. The van der Waals surface area contributed by atoms with E-state index in [2.05, 4.69) is 16.3 Å². The molecule has 1 fully saturated rings. The van der Waals surface area contributed by atoms with Crippen molar-refractivity contribution in [2.24, 2.45) is 5.92 Å². The Hall–Kier alpha value is -0.880. The van der Waals surface area contributed by atoms with Gasteiger partial charge < -0.3 is 10.1 Å². The van der Waals surface area contributed by atoms with Gasteiger partial charge in [-0.3, -0.25) is 4.90 Å². The molecule has 0 bridgehead atoms. The summed E-state index contributed by atoms with van der Waals surface area (Å²) in [6.07, 6.45) is 2.64. The largest absolute Gasteiger partial charge is 0.497 e. The minimum Gasteiger partial charge on any atom is -0.497 e. The number of nitrogens with zero attached hydrogens (tertiary/aromatic N) is 2. The first-order valence-corrected chi connectivity index (χ1v) is 8.40. The lowest BCUT2D eigenvalue weighted by atomic mass is 9.98. The van der Waals surface area contributed by atoms with Gasteiger partial charge in [-0.2, -0.15) is 0 Å². The lowest BCUT2D eigenvalue weighted by Crippen LogP contribution is -2.38. The third-order valence-corrected chi connectivity index (χ3v) is 5.10. The predicted molar refractivity (Wildman–Crippen MR) is 95.3 cm³/mol. The van der Waals surface area contributed by atoms with Crippen molar-refractivity contribution < 1.29 is 4.74 Å². The quantitative estimate of drug-likeness (QED) is 0.906. The molecule has 3 rings (SSSR count). The number of ether oxygens (including phenoxy) is 1. The van der Waals surface area contributed by atoms with Crippen LogP contribution in [0.15, 0.2) is 18.2 Å². The van der Waals surface area contributed by atoms with Crippen molar-refractivity contribution in [3.63, 3.8) is 0 Å². The van der Waals surface area contributed by atoms with Gasteiger partial charge in [-0.05, 0) is 57.1 Å². The van der Waals surface area contributed by atoms with Crippen LogP contribution in [0.1, 0.15) is 17.8 Å². The molecule has 0 radical (unpaired) electrons. The first-order valence-electron chi connectivity index (χ1n) is 7.59. The molecule has 1 aliphatic rings. The van der Waals surface area contributed by atoms with E-state index in [0.717, 1.165) is 30.3 Å². The standard InChI is InChI=1S/C16H23N3OS.ClH/c1-17-9-12-4-3-7-19(10-12)11-16-18-14-6-5-13(20-2)8-15(14)21-16;/h5-6,8,12,17H,3-4,7,9-11H2,1-2H3;1H. The number of piperidine rings is 1. The molecule has 2 heterocycles. The van der Waals surface area contributed by atoms with Crippen molar-refractivity contribution in [1.82, 2.24) is 15.2 Å². The van der Waals surface area contributed by atoms with Crippen molar-refractivity contribution in [3.05, 3.63) is 23.2 Å². The zero-order valence-corrected chi connectivity index (χ0v) is 14.8. The van der Waals surface area contributed by atoms with E-state index in [0.29, 0.717) is 0 Å². The molecule has 1 unspecified atom stereocenters. The molecular formula is C16H24ClN3OS. The average molecular weight is 342 g/mol. The van der Waals surface area contributed by atoms with Crippen molar-refractivity contribution in [3.8, 4) is 5.75 Å². The molecule has 1 aliphatic heterocycles. The SMILES string of the molecule is CNCC1CCCN(Cc2nc3ccc(OC)cc3s2)C1.Cl. The van der Waals surface area contributed by atoms with Crippen molar-refractivity contribution in [2.45, 2.75) is 19.4 Å². The fourth-order valence-corrected chi connectivity index (χ4v) is 4.13. The van der Waals surface area contributed by atoms with Gasteiger partial charge in [0.2, 0.25) is 0 Å². The van der Waals surface area contributed by atoms with Crippen molar-refractivity contribution in [1.29, 1.82) is 0 Å². The molecule has 1 atom stereocenters. The van der Waals surface area contributed by atoms with E-state index in [-0.39, 0.29) is 12.4 Å². The number of benzene rings is 1. The Bertz CT molecular complexity index is 602. The van der Waals surface area contributed by atoms with Crippen molar-refractivity contribution >= 4 is 34.0 Å². The smallest absolute Gasteiger partial charge is 0.120 e. The number of methoxy groups -OCH3 is 1. The molecule has 1 saturated heterocycles. The van der Waals surface area contributed by atoms with Crippen LogP contribution in [0.25, 0.3) is 10.2 Å². The highest BCUT2D eigenvalue weighted by Crippen LogP contribution is 2.28. The highest BCUT2D eigenvalue weighted by molar-refractivity contribution is 7.18. The third kappa shape index (κ3) is 4.10. The zero-order chi connectivity index (χ0) is 14.7. The Kier molecular flexibility index (Phi) is 6.44. The molecule has 1 N–H and O–H groups in total. The van der Waals surface area contributed by atoms with Gasteiger partial charge >= 0.3 is 0 Å². The van der Waals surface area contributed by atoms with Gasteiger partial charge in [0.25, 0.3) is 0 Å². The van der Waals surface area contributed by atoms with Crippen LogP contribution >= 0.6 is 23.7 Å². The first-order chi connectivity index (χ1) is 10.3. The van der Waals surface area contributed by atoms with E-state index in [1.165, 1.54) is 35.6 Å². The van der Waals surface area contributed by atoms with Crippen LogP contribution in [0.5, 0.6) is 5.75 Å². The molecule has 1 aromatic heterocycles. The summed E-state index contributed by atoms with van der Waals surface area (Å²) < 4.78 is 6.50. The second-order valence-corrected chi connectivity index (χ2v) is 6.86. The molecule has 122 valence electrons. The molecule has 22 heavy (non-hydrogen) atoms. The number of hydrogen-bond donors (Lipinski definition) is 1. The topological polar surface area (TPSA) is 37.4 Å². The Balaban J connectivity index is 0.00000176. The van der Waals surface area contributed by atoms with Crippen molar-refractivity contribution in [2.75, 3.05) is 33.8 Å². The monoisotopic (exact) mass is 341 g/mol. The Morgan fingerprint density at radius 3 is 3.09 bits per heavy atom. The van der Waals surface area contributed by atoms with E-state index >= 15 is 0 Å². The van der Waals surface area contributed by atoms with Gasteiger partial charge in [-0.25, -0.2) is 4.98 Å². The van der Waals surface area contributed by atoms with Gasteiger partial charge in [0.15, 0.2) is 0 Å². The number of likely N-dealkylation sites (tertiary alicyclic amines) is 1. The predicted octanol–water partition coefficient (Wildman–Crippen LogP) is 3.16. The summed E-state index contributed by atoms with van der Waals surface area (Å²) in [4.78, 5) is 7.30. The summed E-state index contributed by atoms with van der Waals surface area (Å²) in [5, 5.41) is 4.51. The molecule has 0 saturated carbocycles. The van der Waals surface area contributed by atoms with E-state index in [9.17, 15) is 0 Å². The fraction of sp³-hybridized carbons (Fsp3) is 0.562. The summed E-state index contributed by atoms with van der Waals surface area (Å²) in [5.41, 5.74) is 1.08. The first kappa shape index (κ1) is 17.5. The average Bonchev–Trinajstić information content (AvgIpc) is 2.89. The van der Waals surface area contributed by atoms with Gasteiger partial charge in [-0.15, -0.1) is 23.7 Å². The van der Waals surface area contributed by atoms with E-state index in [1.54, 1.807) is 18.4 Å². The molecule has 6 heteroatoms. The second-order valence-electron chi connectivity index (χ2n) is 5.74.